The molecule has 5 N–H and O–H groups in total. The van der Waals surface area contributed by atoms with Crippen molar-refractivity contribution in [2.75, 3.05) is 11.5 Å². The van der Waals surface area contributed by atoms with Gasteiger partial charge in [-0.3, -0.25) is 14.8 Å². The van der Waals surface area contributed by atoms with E-state index in [9.17, 15) is 9.90 Å². The van der Waals surface area contributed by atoms with Crippen LogP contribution in [0.2, 0.25) is 0 Å². The van der Waals surface area contributed by atoms with E-state index in [2.05, 4.69) is 206 Å². The summed E-state index contributed by atoms with van der Waals surface area (Å²) >= 11 is 0. The summed E-state index contributed by atoms with van der Waals surface area (Å²) in [5, 5.41) is 47.9. The molecule has 406 valence electrons. The monoisotopic (exact) mass is 1110 g/mol. The van der Waals surface area contributed by atoms with Gasteiger partial charge >= 0.3 is 26.6 Å². The summed E-state index contributed by atoms with van der Waals surface area (Å²) in [7, 11) is -1.61. The molecule has 0 aliphatic heterocycles. The van der Waals surface area contributed by atoms with Crippen molar-refractivity contribution in [3.63, 3.8) is 0 Å². The summed E-state index contributed by atoms with van der Waals surface area (Å²) in [5.74, 6) is 2.26. The van der Waals surface area contributed by atoms with Crippen molar-refractivity contribution in [3.8, 4) is 58.0 Å². The maximum atomic E-state index is 11.4. The molecule has 0 fully saturated rings. The number of imidazole rings is 1. The number of anilines is 2. The zero-order valence-electron chi connectivity index (χ0n) is 48.1. The van der Waals surface area contributed by atoms with E-state index in [0.29, 0.717) is 34.8 Å². The van der Waals surface area contributed by atoms with E-state index in [1.54, 1.807) is 24.5 Å². The van der Waals surface area contributed by atoms with Gasteiger partial charge in [0.15, 0.2) is 11.2 Å². The zero-order chi connectivity index (χ0) is 57.8. The Hall–Kier alpha value is -8.72. The molecule has 0 aliphatic rings. The van der Waals surface area contributed by atoms with Gasteiger partial charge < -0.3 is 34.9 Å². The van der Waals surface area contributed by atoms with Crippen LogP contribution in [0.3, 0.4) is 0 Å². The number of benzene rings is 3. The maximum Gasteiger partial charge on any atom is 2.00 e. The third-order valence-electron chi connectivity index (χ3n) is 12.1. The van der Waals surface area contributed by atoms with Crippen LogP contribution in [0.15, 0.2) is 114 Å². The number of hydrogen-bond acceptors (Lipinski definition) is 14. The van der Waals surface area contributed by atoms with Crippen molar-refractivity contribution in [2.45, 2.75) is 121 Å². The van der Waals surface area contributed by atoms with Crippen LogP contribution in [0.25, 0.3) is 44.9 Å². The summed E-state index contributed by atoms with van der Waals surface area (Å²) < 4.78 is 8.26. The van der Waals surface area contributed by atoms with Gasteiger partial charge in [-0.05, 0) is 102 Å². The first-order valence-electron chi connectivity index (χ1n) is 25.7. The number of nitrogens with zero attached hydrogens (tertiary/aromatic N) is 14. The fourth-order valence-electron chi connectivity index (χ4n) is 8.16. The Morgan fingerprint density at radius 3 is 1.24 bits per heavy atom. The SMILES string of the molecule is CC#N.CC#N.CC#N.CC(C)Cn1cnc2c(=O)[nH]c(N)nc21.Cc1cc(-c2ccc(C(C)C)cc2)nn1[BH-](n1nc(-c2ccc(C(C)C)cc2)cc1C)n1nc(-c2ccc(C(C)C)cc2)cc1C.Nc1ccnc([O-])n1.[Zn+2]. The van der Waals surface area contributed by atoms with E-state index >= 15 is 0 Å². The zero-order valence-corrected chi connectivity index (χ0v) is 51.0. The fourth-order valence-corrected chi connectivity index (χ4v) is 8.16. The summed E-state index contributed by atoms with van der Waals surface area (Å²) in [6, 6.07) is 39.1. The van der Waals surface area contributed by atoms with Crippen LogP contribution in [-0.4, -0.2) is 65.7 Å². The van der Waals surface area contributed by atoms with E-state index < -0.39 is 13.1 Å². The van der Waals surface area contributed by atoms with Crippen LogP contribution < -0.4 is 22.1 Å². The van der Waals surface area contributed by atoms with Crippen molar-refractivity contribution in [1.29, 1.82) is 15.8 Å². The molecule has 0 atom stereocenters. The van der Waals surface area contributed by atoms with Crippen molar-refractivity contribution in [2.24, 2.45) is 5.92 Å². The number of nitrogen functional groups attached to an aromatic ring is 2. The van der Waals surface area contributed by atoms with Crippen LogP contribution in [-0.2, 0) is 26.0 Å². The molecule has 0 aliphatic carbocycles. The topological polar surface area (TPSA) is 289 Å². The van der Waals surface area contributed by atoms with Gasteiger partial charge in [-0.1, -0.05) is 128 Å². The average molecular weight is 1120 g/mol. The van der Waals surface area contributed by atoms with Gasteiger partial charge in [0.25, 0.3) is 5.56 Å². The summed E-state index contributed by atoms with van der Waals surface area (Å²) in [6.07, 6.45) is 2.94. The van der Waals surface area contributed by atoms with Gasteiger partial charge in [0.2, 0.25) is 5.95 Å². The number of aromatic amines is 1. The number of hydrogen-bond donors (Lipinski definition) is 3. The molecule has 6 heterocycles. The number of H-pyrrole nitrogens is 1. The summed E-state index contributed by atoms with van der Waals surface area (Å²) in [5.41, 5.74) is 24.5. The molecule has 19 nitrogen and oxygen atoms in total. The Bertz CT molecular complexity index is 3240. The van der Waals surface area contributed by atoms with Crippen molar-refractivity contribution in [1.82, 2.24) is 58.6 Å². The first-order valence-corrected chi connectivity index (χ1v) is 25.7. The van der Waals surface area contributed by atoms with E-state index in [0.717, 1.165) is 57.4 Å². The molecule has 0 saturated heterocycles. The van der Waals surface area contributed by atoms with Crippen LogP contribution in [0.1, 0.15) is 128 Å². The van der Waals surface area contributed by atoms with E-state index in [1.807, 2.05) is 4.57 Å². The van der Waals surface area contributed by atoms with Crippen LogP contribution in [0.5, 0.6) is 6.01 Å². The van der Waals surface area contributed by atoms with Gasteiger partial charge in [-0.2, -0.15) is 20.8 Å². The van der Waals surface area contributed by atoms with Crippen LogP contribution in [0, 0.1) is 60.7 Å². The second-order valence-corrected chi connectivity index (χ2v) is 19.6. The largest absolute Gasteiger partial charge is 2.00 e. The van der Waals surface area contributed by atoms with Gasteiger partial charge in [-0.25, -0.2) is 25.3 Å². The van der Waals surface area contributed by atoms with Crippen molar-refractivity contribution in [3.05, 3.63) is 154 Å². The molecule has 0 saturated carbocycles. The molecule has 3 aromatic carbocycles. The molecule has 9 aromatic rings. The van der Waals surface area contributed by atoms with Crippen molar-refractivity contribution < 1.29 is 24.6 Å². The number of nitrogens with two attached hydrogens (primary N) is 2. The van der Waals surface area contributed by atoms with Crippen molar-refractivity contribution >= 4 is 30.0 Å². The molecular weight excluding hydrogens is 1040 g/mol. The van der Waals surface area contributed by atoms with E-state index in [4.69, 9.17) is 42.5 Å². The first kappa shape index (κ1) is 64.6. The number of rotatable bonds is 11. The van der Waals surface area contributed by atoms with Gasteiger partial charge in [-0.15, -0.1) is 0 Å². The van der Waals surface area contributed by atoms with Gasteiger partial charge in [0.1, 0.15) is 5.82 Å². The molecule has 0 spiro atoms. The number of aromatic nitrogens is 12. The molecule has 79 heavy (non-hydrogen) atoms. The third-order valence-corrected chi connectivity index (χ3v) is 12.1. The second-order valence-electron chi connectivity index (χ2n) is 19.6. The molecule has 6 aromatic heterocycles. The molecule has 0 bridgehead atoms. The normalized spacial score (nSPS) is 10.3. The van der Waals surface area contributed by atoms with E-state index in [-0.39, 0.29) is 36.8 Å². The predicted molar refractivity (Wildman–Crippen MR) is 310 cm³/mol. The molecule has 0 unspecified atom stereocenters. The summed E-state index contributed by atoms with van der Waals surface area (Å²) in [4.78, 5) is 28.5. The smallest absolute Gasteiger partial charge is 0.844 e. The Balaban J connectivity index is 0.000000402. The predicted octanol–water partition coefficient (Wildman–Crippen LogP) is 10.3. The molecule has 0 radical (unpaired) electrons. The van der Waals surface area contributed by atoms with Crippen LogP contribution in [0.4, 0.5) is 11.8 Å². The minimum absolute atomic E-state index is 0. The molecular formula is C58H72BN17O2Zn. The standard InChI is InChI=1S/C39H46BN6.C9H13N5O.C4H5N3O.3C2H3N.Zn/c1-25(2)31-10-16-34(17-11-31)37-22-28(7)44(41-37)40(45-29(8)23-38(42-45)35-18-12-32(13-19-35)26(3)4)46-30(9)24-39(43-46)36-20-14-33(15-21-36)27(5)6;1-5(2)3-14-4-11-6-7(14)12-9(10)13-8(6)15;5-3-1-2-6-4(8)7-3;3*1-2-3;/h10-27,40H,1-9H3;4-5H,3H2,1-2H3,(H3,10,12,13,15);1-2H,(H3,5,6,7,8);3*1H3;/q-1;;;;;;+2/p-1. The number of nitrogens with one attached hydrogen (secondary N) is 1. The van der Waals surface area contributed by atoms with Gasteiger partial charge in [0.05, 0.1) is 47.6 Å². The molecule has 0 amide bonds. The van der Waals surface area contributed by atoms with Crippen LogP contribution >= 0.6 is 0 Å². The minimum Gasteiger partial charge on any atom is -0.844 e. The Labute approximate surface area is 476 Å². The minimum atomic E-state index is -1.61. The van der Waals surface area contributed by atoms with Gasteiger partial charge in [0, 0.05) is 50.2 Å². The Morgan fingerprint density at radius 2 is 0.949 bits per heavy atom. The molecule has 9 rings (SSSR count). The van der Waals surface area contributed by atoms with E-state index in [1.165, 1.54) is 49.7 Å². The Morgan fingerprint density at radius 1 is 0.595 bits per heavy atom. The summed E-state index contributed by atoms with van der Waals surface area (Å²) in [6.45, 7) is 29.0. The number of fused-ring (bicyclic) bond motifs is 1. The second kappa shape index (κ2) is 30.9. The average Bonchev–Trinajstić information content (AvgIpc) is 4.18. The maximum absolute atomic E-state index is 11.4. The fraction of sp³-hybridized carbons (Fsp3) is 0.328. The number of aryl methyl sites for hydroxylation is 3. The molecule has 21 heteroatoms. The quantitative estimate of drug-likeness (QED) is 0.102. The first-order chi connectivity index (χ1) is 37.1. The number of nitriles is 3. The third kappa shape index (κ3) is 17.9. The Kier molecular flexibility index (Phi) is 25.2.